The van der Waals surface area contributed by atoms with Gasteiger partial charge in [0, 0.05) is 19.0 Å². The maximum atomic E-state index is 12.3. The Morgan fingerprint density at radius 2 is 2.12 bits per heavy atom. The minimum Gasteiger partial charge on any atom is -0.355 e. The molecule has 0 aliphatic carbocycles. The number of amides is 1. The van der Waals surface area contributed by atoms with Gasteiger partial charge in [0.1, 0.15) is 18.5 Å². The first kappa shape index (κ1) is 14.8. The highest BCUT2D eigenvalue weighted by molar-refractivity contribution is 7.71. The lowest BCUT2D eigenvalue weighted by molar-refractivity contribution is -0.121. The SMILES string of the molecule is O=C(Nn1cn[nH]c1=S)C1CCN(c2ccc3nncn3n2)CC1. The number of carbonyl (C=O) groups excluding carboxylic acids is 1. The number of rotatable bonds is 3. The summed E-state index contributed by atoms with van der Waals surface area (Å²) in [7, 11) is 0. The third kappa shape index (κ3) is 2.73. The minimum atomic E-state index is -0.0586. The maximum absolute atomic E-state index is 12.3. The van der Waals surface area contributed by atoms with Gasteiger partial charge in [0.05, 0.1) is 0 Å². The van der Waals surface area contributed by atoms with Gasteiger partial charge in [-0.25, -0.2) is 4.68 Å². The zero-order valence-corrected chi connectivity index (χ0v) is 13.5. The van der Waals surface area contributed by atoms with Crippen molar-refractivity contribution in [3.05, 3.63) is 29.6 Å². The standard InChI is InChI=1S/C13H15N9OS/c23-12(19-22-8-15-17-13(22)24)9-3-5-20(6-4-9)11-2-1-10-16-14-7-21(10)18-11/h1-2,7-9H,3-6H2,(H,17,24)(H,19,23). The second-order valence-electron chi connectivity index (χ2n) is 5.59. The summed E-state index contributed by atoms with van der Waals surface area (Å²) < 4.78 is 3.44. The average molecular weight is 345 g/mol. The molecule has 0 bridgehead atoms. The largest absolute Gasteiger partial charge is 0.355 e. The van der Waals surface area contributed by atoms with Crippen molar-refractivity contribution < 1.29 is 4.79 Å². The molecule has 0 atom stereocenters. The van der Waals surface area contributed by atoms with Crippen LogP contribution >= 0.6 is 12.2 Å². The van der Waals surface area contributed by atoms with Crippen LogP contribution in [0.15, 0.2) is 24.8 Å². The lowest BCUT2D eigenvalue weighted by Gasteiger charge is -2.31. The predicted molar refractivity (Wildman–Crippen MR) is 87.5 cm³/mol. The van der Waals surface area contributed by atoms with Gasteiger partial charge >= 0.3 is 0 Å². The summed E-state index contributed by atoms with van der Waals surface area (Å²) in [5.74, 6) is 0.754. The van der Waals surface area contributed by atoms with Gasteiger partial charge in [-0.2, -0.15) is 9.61 Å². The van der Waals surface area contributed by atoms with Crippen LogP contribution in [0.25, 0.3) is 5.65 Å². The summed E-state index contributed by atoms with van der Waals surface area (Å²) >= 11 is 5.02. The third-order valence-electron chi connectivity index (χ3n) is 4.12. The number of hydrogen-bond donors (Lipinski definition) is 2. The molecule has 4 heterocycles. The summed E-state index contributed by atoms with van der Waals surface area (Å²) in [6.45, 7) is 1.52. The fourth-order valence-corrected chi connectivity index (χ4v) is 2.94. The highest BCUT2D eigenvalue weighted by Crippen LogP contribution is 2.22. The highest BCUT2D eigenvalue weighted by atomic mass is 32.1. The number of piperidine rings is 1. The zero-order valence-electron chi connectivity index (χ0n) is 12.7. The molecule has 1 amide bonds. The fraction of sp³-hybridized carbons (Fsp3) is 0.385. The molecule has 11 heteroatoms. The van der Waals surface area contributed by atoms with Crippen LogP contribution < -0.4 is 10.3 Å². The van der Waals surface area contributed by atoms with Crippen molar-refractivity contribution in [1.82, 2.24) is 34.7 Å². The summed E-state index contributed by atoms with van der Waals surface area (Å²) in [5.41, 5.74) is 3.47. The number of nitrogens with one attached hydrogen (secondary N) is 2. The molecule has 0 saturated carbocycles. The number of carbonyl (C=O) groups is 1. The monoisotopic (exact) mass is 345 g/mol. The fourth-order valence-electron chi connectivity index (χ4n) is 2.80. The molecule has 0 radical (unpaired) electrons. The van der Waals surface area contributed by atoms with E-state index in [-0.39, 0.29) is 11.8 Å². The second-order valence-corrected chi connectivity index (χ2v) is 5.98. The van der Waals surface area contributed by atoms with E-state index >= 15 is 0 Å². The molecule has 1 fully saturated rings. The van der Waals surface area contributed by atoms with E-state index in [9.17, 15) is 4.79 Å². The molecule has 3 aromatic heterocycles. The lowest BCUT2D eigenvalue weighted by Crippen LogP contribution is -2.40. The molecule has 0 spiro atoms. The second kappa shape index (κ2) is 6.00. The summed E-state index contributed by atoms with van der Waals surface area (Å²) in [6, 6.07) is 3.81. The quantitative estimate of drug-likeness (QED) is 0.660. The molecular weight excluding hydrogens is 330 g/mol. The van der Waals surface area contributed by atoms with E-state index in [1.807, 2.05) is 12.1 Å². The van der Waals surface area contributed by atoms with Gasteiger partial charge in [-0.1, -0.05) is 0 Å². The molecule has 24 heavy (non-hydrogen) atoms. The number of hydrogen-bond acceptors (Lipinski definition) is 7. The number of aromatic nitrogens is 7. The first-order valence-electron chi connectivity index (χ1n) is 7.55. The van der Waals surface area contributed by atoms with E-state index in [1.165, 1.54) is 11.0 Å². The Labute approximate surface area is 141 Å². The number of anilines is 1. The molecule has 1 saturated heterocycles. The van der Waals surface area contributed by atoms with Crippen LogP contribution in [0.5, 0.6) is 0 Å². The summed E-state index contributed by atoms with van der Waals surface area (Å²) in [6.07, 6.45) is 4.53. The Bertz CT molecular complexity index is 921. The van der Waals surface area contributed by atoms with Crippen molar-refractivity contribution in [2.75, 3.05) is 23.4 Å². The normalized spacial score (nSPS) is 15.8. The van der Waals surface area contributed by atoms with E-state index in [2.05, 4.69) is 35.8 Å². The van der Waals surface area contributed by atoms with Crippen LogP contribution in [-0.4, -0.2) is 53.7 Å². The lowest BCUT2D eigenvalue weighted by atomic mass is 9.96. The van der Waals surface area contributed by atoms with Gasteiger partial charge in [0.15, 0.2) is 5.65 Å². The van der Waals surface area contributed by atoms with E-state index < -0.39 is 0 Å². The van der Waals surface area contributed by atoms with E-state index in [1.54, 1.807) is 10.8 Å². The Kier molecular flexibility index (Phi) is 3.69. The Morgan fingerprint density at radius 1 is 1.29 bits per heavy atom. The predicted octanol–water partition coefficient (Wildman–Crippen LogP) is 0.365. The highest BCUT2D eigenvalue weighted by Gasteiger charge is 2.26. The van der Waals surface area contributed by atoms with E-state index in [0.29, 0.717) is 10.4 Å². The first-order valence-corrected chi connectivity index (χ1v) is 7.96. The van der Waals surface area contributed by atoms with Crippen LogP contribution in [0.2, 0.25) is 0 Å². The van der Waals surface area contributed by atoms with Crippen molar-refractivity contribution in [2.24, 2.45) is 5.92 Å². The molecule has 1 aliphatic heterocycles. The van der Waals surface area contributed by atoms with Crippen LogP contribution in [-0.2, 0) is 4.79 Å². The van der Waals surface area contributed by atoms with Crippen LogP contribution in [0.1, 0.15) is 12.8 Å². The third-order valence-corrected chi connectivity index (χ3v) is 4.41. The molecule has 4 rings (SSSR count). The summed E-state index contributed by atoms with van der Waals surface area (Å²) in [5, 5.41) is 18.6. The van der Waals surface area contributed by atoms with Gasteiger partial charge < -0.3 is 4.90 Å². The van der Waals surface area contributed by atoms with E-state index in [4.69, 9.17) is 12.2 Å². The molecule has 1 aliphatic rings. The Morgan fingerprint density at radius 3 is 2.88 bits per heavy atom. The van der Waals surface area contributed by atoms with Gasteiger partial charge in [-0.15, -0.1) is 15.3 Å². The van der Waals surface area contributed by atoms with Crippen molar-refractivity contribution in [3.63, 3.8) is 0 Å². The van der Waals surface area contributed by atoms with Gasteiger partial charge in [0.2, 0.25) is 10.7 Å². The van der Waals surface area contributed by atoms with E-state index in [0.717, 1.165) is 31.7 Å². The number of fused-ring (bicyclic) bond motifs is 1. The van der Waals surface area contributed by atoms with Gasteiger partial charge in [0.25, 0.3) is 0 Å². The van der Waals surface area contributed by atoms with Crippen LogP contribution in [0.3, 0.4) is 0 Å². The average Bonchev–Trinajstić information content (AvgIpc) is 3.23. The van der Waals surface area contributed by atoms with Crippen molar-refractivity contribution in [2.45, 2.75) is 12.8 Å². The van der Waals surface area contributed by atoms with Crippen molar-refractivity contribution >= 4 is 29.6 Å². The summed E-state index contributed by atoms with van der Waals surface area (Å²) in [4.78, 5) is 14.5. The maximum Gasteiger partial charge on any atom is 0.242 e. The van der Waals surface area contributed by atoms with Crippen LogP contribution in [0.4, 0.5) is 5.82 Å². The van der Waals surface area contributed by atoms with Crippen molar-refractivity contribution in [3.8, 4) is 0 Å². The molecule has 10 nitrogen and oxygen atoms in total. The minimum absolute atomic E-state index is 0.0469. The molecule has 0 aromatic carbocycles. The Hall–Kier alpha value is -2.82. The van der Waals surface area contributed by atoms with Gasteiger partial charge in [-0.05, 0) is 37.2 Å². The van der Waals surface area contributed by atoms with Gasteiger partial charge in [-0.3, -0.25) is 15.3 Å². The molecule has 3 aromatic rings. The molecule has 124 valence electrons. The Balaban J connectivity index is 1.40. The van der Waals surface area contributed by atoms with Crippen molar-refractivity contribution in [1.29, 1.82) is 0 Å². The molecule has 2 N–H and O–H groups in total. The number of nitrogens with zero attached hydrogens (tertiary/aromatic N) is 7. The van der Waals surface area contributed by atoms with Crippen LogP contribution in [0, 0.1) is 10.7 Å². The smallest absolute Gasteiger partial charge is 0.242 e. The zero-order chi connectivity index (χ0) is 16.5. The molecular formula is C13H15N9OS. The first-order chi connectivity index (χ1) is 11.7. The number of aromatic amines is 1. The topological polar surface area (TPSA) is 109 Å². The number of H-pyrrole nitrogens is 1. The molecule has 0 unspecified atom stereocenters.